The average molecular weight is 338 g/mol. The van der Waals surface area contributed by atoms with Crippen molar-refractivity contribution in [2.45, 2.75) is 18.8 Å². The fourth-order valence-electron chi connectivity index (χ4n) is 3.69. The summed E-state index contributed by atoms with van der Waals surface area (Å²) in [5, 5.41) is 1.23. The van der Waals surface area contributed by atoms with Crippen molar-refractivity contribution >= 4 is 16.7 Å². The third kappa shape index (κ3) is 2.77. The predicted octanol–water partition coefficient (Wildman–Crippen LogP) is 2.65. The number of hydrogen-bond donors (Lipinski definition) is 1. The van der Waals surface area contributed by atoms with Crippen molar-refractivity contribution in [2.75, 3.05) is 25.1 Å². The molecular formula is C19H22N4O2. The molecule has 1 aliphatic rings. The molecule has 1 aromatic carbocycles. The molecule has 0 bridgehead atoms. The van der Waals surface area contributed by atoms with Gasteiger partial charge >= 0.3 is 0 Å². The maximum absolute atomic E-state index is 12.3. The summed E-state index contributed by atoms with van der Waals surface area (Å²) in [7, 11) is 3.46. The molecule has 6 nitrogen and oxygen atoms in total. The lowest BCUT2D eigenvalue weighted by Crippen LogP contribution is -2.38. The van der Waals surface area contributed by atoms with Crippen LogP contribution in [0.5, 0.6) is 5.75 Å². The lowest BCUT2D eigenvalue weighted by molar-refractivity contribution is 0.415. The largest absolute Gasteiger partial charge is 0.497 e. The fourth-order valence-corrected chi connectivity index (χ4v) is 3.69. The molecule has 1 aliphatic heterocycles. The van der Waals surface area contributed by atoms with E-state index in [1.807, 2.05) is 6.07 Å². The van der Waals surface area contributed by atoms with Gasteiger partial charge in [-0.2, -0.15) is 0 Å². The Morgan fingerprint density at radius 1 is 1.28 bits per heavy atom. The third-order valence-corrected chi connectivity index (χ3v) is 5.15. The molecule has 3 aromatic rings. The molecule has 1 saturated heterocycles. The lowest BCUT2D eigenvalue weighted by atomic mass is 9.89. The van der Waals surface area contributed by atoms with E-state index in [2.05, 4.69) is 33.2 Å². The smallest absolute Gasteiger partial charge is 0.293 e. The first-order valence-electron chi connectivity index (χ1n) is 8.59. The van der Waals surface area contributed by atoms with Crippen LogP contribution in [-0.2, 0) is 7.05 Å². The Hall–Kier alpha value is -2.76. The summed E-state index contributed by atoms with van der Waals surface area (Å²) in [6.45, 7) is 1.68. The number of nitrogens with one attached hydrogen (secondary N) is 1. The van der Waals surface area contributed by atoms with Crippen molar-refractivity contribution in [3.8, 4) is 5.75 Å². The number of aromatic amines is 1. The van der Waals surface area contributed by atoms with Crippen molar-refractivity contribution in [2.24, 2.45) is 7.05 Å². The zero-order valence-electron chi connectivity index (χ0n) is 14.5. The highest BCUT2D eigenvalue weighted by molar-refractivity contribution is 5.85. The lowest BCUT2D eigenvalue weighted by Gasteiger charge is -2.32. The molecule has 130 valence electrons. The minimum absolute atomic E-state index is 0.0298. The minimum atomic E-state index is -0.0298. The second kappa shape index (κ2) is 6.27. The van der Waals surface area contributed by atoms with Crippen LogP contribution in [0.3, 0.4) is 0 Å². The van der Waals surface area contributed by atoms with E-state index in [0.717, 1.165) is 37.2 Å². The molecule has 0 radical (unpaired) electrons. The van der Waals surface area contributed by atoms with Gasteiger partial charge in [-0.25, -0.2) is 4.98 Å². The van der Waals surface area contributed by atoms with Crippen LogP contribution in [-0.4, -0.2) is 34.7 Å². The van der Waals surface area contributed by atoms with Crippen LogP contribution >= 0.6 is 0 Å². The Bertz CT molecular complexity index is 951. The molecule has 0 amide bonds. The van der Waals surface area contributed by atoms with E-state index in [0.29, 0.717) is 11.7 Å². The van der Waals surface area contributed by atoms with Gasteiger partial charge in [-0.15, -0.1) is 0 Å². The second-order valence-corrected chi connectivity index (χ2v) is 6.58. The first kappa shape index (κ1) is 15.7. The number of H-pyrrole nitrogens is 1. The number of ether oxygens (including phenoxy) is 1. The monoisotopic (exact) mass is 338 g/mol. The zero-order valence-corrected chi connectivity index (χ0v) is 14.5. The SMILES string of the molecule is COc1ccc2[nH]cc(C3CCN(c4nccn(C)c4=O)CC3)c2c1. The van der Waals surface area contributed by atoms with Crippen molar-refractivity contribution in [1.82, 2.24) is 14.5 Å². The number of aryl methyl sites for hydroxylation is 1. The van der Waals surface area contributed by atoms with E-state index in [1.165, 1.54) is 10.9 Å². The molecule has 0 spiro atoms. The number of anilines is 1. The van der Waals surface area contributed by atoms with E-state index in [1.54, 1.807) is 31.1 Å². The summed E-state index contributed by atoms with van der Waals surface area (Å²) in [5.41, 5.74) is 2.44. The second-order valence-electron chi connectivity index (χ2n) is 6.58. The maximum atomic E-state index is 12.3. The van der Waals surface area contributed by atoms with Gasteiger partial charge in [0, 0.05) is 49.6 Å². The van der Waals surface area contributed by atoms with Crippen molar-refractivity contribution < 1.29 is 4.74 Å². The zero-order chi connectivity index (χ0) is 17.4. The normalized spacial score (nSPS) is 15.7. The Kier molecular flexibility index (Phi) is 3.95. The Morgan fingerprint density at radius 2 is 2.08 bits per heavy atom. The van der Waals surface area contributed by atoms with Crippen LogP contribution in [0.25, 0.3) is 10.9 Å². The molecule has 1 N–H and O–H groups in total. The van der Waals surface area contributed by atoms with Gasteiger partial charge in [-0.3, -0.25) is 4.79 Å². The molecule has 1 fully saturated rings. The number of piperidine rings is 1. The van der Waals surface area contributed by atoms with Gasteiger partial charge in [0.2, 0.25) is 0 Å². The number of aromatic nitrogens is 3. The highest BCUT2D eigenvalue weighted by Crippen LogP contribution is 2.35. The summed E-state index contributed by atoms with van der Waals surface area (Å²) < 4.78 is 6.95. The Labute approximate surface area is 146 Å². The Morgan fingerprint density at radius 3 is 2.84 bits per heavy atom. The highest BCUT2D eigenvalue weighted by atomic mass is 16.5. The molecule has 0 aliphatic carbocycles. The van der Waals surface area contributed by atoms with Crippen molar-refractivity contribution in [1.29, 1.82) is 0 Å². The predicted molar refractivity (Wildman–Crippen MR) is 98.5 cm³/mol. The van der Waals surface area contributed by atoms with E-state index in [-0.39, 0.29) is 5.56 Å². The topological polar surface area (TPSA) is 63.1 Å². The van der Waals surface area contributed by atoms with E-state index >= 15 is 0 Å². The first-order chi connectivity index (χ1) is 12.2. The molecular weight excluding hydrogens is 316 g/mol. The average Bonchev–Trinajstić information content (AvgIpc) is 3.07. The number of methoxy groups -OCH3 is 1. The summed E-state index contributed by atoms with van der Waals surface area (Å²) in [6.07, 6.45) is 7.50. The fraction of sp³-hybridized carbons (Fsp3) is 0.368. The molecule has 3 heterocycles. The molecule has 0 unspecified atom stereocenters. The van der Waals surface area contributed by atoms with Crippen molar-refractivity contribution in [3.63, 3.8) is 0 Å². The maximum Gasteiger partial charge on any atom is 0.293 e. The van der Waals surface area contributed by atoms with Gasteiger partial charge in [0.15, 0.2) is 5.82 Å². The van der Waals surface area contributed by atoms with Gasteiger partial charge in [0.25, 0.3) is 5.56 Å². The van der Waals surface area contributed by atoms with E-state index < -0.39 is 0 Å². The van der Waals surface area contributed by atoms with Crippen LogP contribution in [0.15, 0.2) is 41.6 Å². The molecule has 0 atom stereocenters. The molecule has 2 aromatic heterocycles. The number of fused-ring (bicyclic) bond motifs is 1. The number of benzene rings is 1. The minimum Gasteiger partial charge on any atom is -0.497 e. The third-order valence-electron chi connectivity index (χ3n) is 5.15. The van der Waals surface area contributed by atoms with Crippen LogP contribution in [0.2, 0.25) is 0 Å². The summed E-state index contributed by atoms with van der Waals surface area (Å²) in [4.78, 5) is 22.0. The van der Waals surface area contributed by atoms with E-state index in [4.69, 9.17) is 4.74 Å². The van der Waals surface area contributed by atoms with Crippen LogP contribution in [0.4, 0.5) is 5.82 Å². The molecule has 4 rings (SSSR count). The Balaban J connectivity index is 1.56. The van der Waals surface area contributed by atoms with Crippen LogP contribution in [0.1, 0.15) is 24.3 Å². The number of rotatable bonds is 3. The number of hydrogen-bond acceptors (Lipinski definition) is 4. The molecule has 0 saturated carbocycles. The van der Waals surface area contributed by atoms with Gasteiger partial charge in [0.05, 0.1) is 7.11 Å². The van der Waals surface area contributed by atoms with Gasteiger partial charge in [-0.05, 0) is 42.5 Å². The van der Waals surface area contributed by atoms with Crippen molar-refractivity contribution in [3.05, 3.63) is 52.7 Å². The summed E-state index contributed by atoms with van der Waals surface area (Å²) in [5.74, 6) is 1.91. The quantitative estimate of drug-likeness (QED) is 0.797. The summed E-state index contributed by atoms with van der Waals surface area (Å²) >= 11 is 0. The molecule has 25 heavy (non-hydrogen) atoms. The molecule has 6 heteroatoms. The van der Waals surface area contributed by atoms with Gasteiger partial charge in [0.1, 0.15) is 5.75 Å². The van der Waals surface area contributed by atoms with Crippen LogP contribution in [0, 0.1) is 0 Å². The first-order valence-corrected chi connectivity index (χ1v) is 8.59. The van der Waals surface area contributed by atoms with Gasteiger partial charge < -0.3 is 19.2 Å². The summed E-state index contributed by atoms with van der Waals surface area (Å²) in [6, 6.07) is 6.13. The van der Waals surface area contributed by atoms with Crippen LogP contribution < -0.4 is 15.2 Å². The number of nitrogens with zero attached hydrogens (tertiary/aromatic N) is 3. The standard InChI is InChI=1S/C19H22N4O2/c1-22-10-7-20-18(19(22)24)23-8-5-13(6-9-23)16-12-21-17-4-3-14(25-2)11-15(16)17/h3-4,7,10-13,21H,5-6,8-9H2,1-2H3. The van der Waals surface area contributed by atoms with Gasteiger partial charge in [-0.1, -0.05) is 0 Å². The highest BCUT2D eigenvalue weighted by Gasteiger charge is 2.25. The van der Waals surface area contributed by atoms with E-state index in [9.17, 15) is 4.79 Å².